The number of hydrogen-bond donors (Lipinski definition) is 1. The van der Waals surface area contributed by atoms with Crippen LogP contribution >= 0.6 is 23.4 Å². The van der Waals surface area contributed by atoms with E-state index in [0.717, 1.165) is 20.9 Å². The Morgan fingerprint density at radius 2 is 1.91 bits per heavy atom. The van der Waals surface area contributed by atoms with Crippen LogP contribution in [0.3, 0.4) is 0 Å². The van der Waals surface area contributed by atoms with Crippen molar-refractivity contribution in [3.63, 3.8) is 0 Å². The van der Waals surface area contributed by atoms with Crippen molar-refractivity contribution < 1.29 is 35.7 Å². The maximum atomic E-state index is 13.0. The quantitative estimate of drug-likeness (QED) is 0.260. The molecule has 0 saturated heterocycles. The highest BCUT2D eigenvalue weighted by Crippen LogP contribution is 2.49. The van der Waals surface area contributed by atoms with Gasteiger partial charge in [0.1, 0.15) is 5.75 Å². The third-order valence-electron chi connectivity index (χ3n) is 5.82. The molecule has 2 aromatic carbocycles. The fraction of sp³-hybridized carbons (Fsp3) is 0.348. The van der Waals surface area contributed by atoms with E-state index >= 15 is 0 Å². The zero-order valence-corrected chi connectivity index (χ0v) is 21.0. The number of aliphatic carboxylic acids is 1. The summed E-state index contributed by atoms with van der Waals surface area (Å²) in [7, 11) is -5.85. The van der Waals surface area contributed by atoms with Crippen LogP contribution in [0.25, 0.3) is 10.9 Å². The molecule has 1 atom stereocenters. The summed E-state index contributed by atoms with van der Waals surface area (Å²) in [6.07, 6.45) is 0.433. The fourth-order valence-electron chi connectivity index (χ4n) is 4.34. The number of alkyl halides is 3. The van der Waals surface area contributed by atoms with E-state index in [2.05, 4.69) is 4.18 Å². The van der Waals surface area contributed by atoms with Crippen molar-refractivity contribution in [2.75, 3.05) is 0 Å². The maximum Gasteiger partial charge on any atom is 0.534 e. The van der Waals surface area contributed by atoms with Gasteiger partial charge in [-0.3, -0.25) is 4.79 Å². The number of rotatable bonds is 7. The highest BCUT2D eigenvalue weighted by molar-refractivity contribution is 7.99. The number of aromatic nitrogens is 1. The summed E-state index contributed by atoms with van der Waals surface area (Å²) in [5.41, 5.74) is -3.70. The van der Waals surface area contributed by atoms with Gasteiger partial charge in [-0.1, -0.05) is 37.2 Å². The first-order valence-corrected chi connectivity index (χ1v) is 13.2. The van der Waals surface area contributed by atoms with Gasteiger partial charge in [-0.15, -0.1) is 0 Å². The summed E-state index contributed by atoms with van der Waals surface area (Å²) in [4.78, 5) is 13.2. The predicted molar refractivity (Wildman–Crippen MR) is 127 cm³/mol. The Morgan fingerprint density at radius 3 is 2.49 bits per heavy atom. The number of carboxylic acids is 1. The van der Waals surface area contributed by atoms with Crippen molar-refractivity contribution >= 4 is 50.4 Å². The van der Waals surface area contributed by atoms with Gasteiger partial charge in [0.15, 0.2) is 0 Å². The van der Waals surface area contributed by atoms with E-state index in [-0.39, 0.29) is 18.3 Å². The minimum atomic E-state index is -5.85. The molecule has 35 heavy (non-hydrogen) atoms. The summed E-state index contributed by atoms with van der Waals surface area (Å²) in [5.74, 6) is -1.90. The molecule has 6 nitrogen and oxygen atoms in total. The Kier molecular flexibility index (Phi) is 6.80. The second-order valence-corrected chi connectivity index (χ2v) is 11.6. The van der Waals surface area contributed by atoms with Crippen LogP contribution in [0.2, 0.25) is 5.02 Å². The molecule has 3 aromatic rings. The molecule has 1 aliphatic rings. The molecule has 2 heterocycles. The Hall–Kier alpha value is -2.37. The number of carboxylic acid groups (broad SMARTS) is 1. The van der Waals surface area contributed by atoms with E-state index < -0.39 is 27.3 Å². The van der Waals surface area contributed by atoms with Gasteiger partial charge >= 0.3 is 21.6 Å². The fourth-order valence-corrected chi connectivity index (χ4v) is 6.13. The molecule has 12 heteroatoms. The van der Waals surface area contributed by atoms with Crippen LogP contribution in [0.1, 0.15) is 49.8 Å². The first kappa shape index (κ1) is 25.7. The molecule has 188 valence electrons. The van der Waals surface area contributed by atoms with E-state index in [1.54, 1.807) is 12.1 Å². The summed E-state index contributed by atoms with van der Waals surface area (Å²) < 4.78 is 68.6. The third kappa shape index (κ3) is 4.99. The molecule has 0 aliphatic carbocycles. The number of hydrogen-bond acceptors (Lipinski definition) is 5. The molecule has 1 aromatic heterocycles. The van der Waals surface area contributed by atoms with E-state index in [1.807, 2.05) is 30.5 Å². The standard InChI is InChI=1S/C23H21ClF3NO5S2/c1-12(2)17-10-15(33-35(31,32)23(25,26)27)11-18-20(17)22(34-16-5-3-14(24)4-6-16)21-13(9-19(29)30)7-8-28(18)21/h3-6,10-13H,7-9H2,1-2H3,(H,29,30). The molecule has 0 bridgehead atoms. The van der Waals surface area contributed by atoms with Gasteiger partial charge in [0.2, 0.25) is 0 Å². The first-order chi connectivity index (χ1) is 16.3. The predicted octanol–water partition coefficient (Wildman–Crippen LogP) is 6.76. The number of nitrogens with zero attached hydrogens (tertiary/aromatic N) is 1. The van der Waals surface area contributed by atoms with Crippen molar-refractivity contribution in [1.82, 2.24) is 4.57 Å². The van der Waals surface area contributed by atoms with Crippen molar-refractivity contribution in [1.29, 1.82) is 0 Å². The Morgan fingerprint density at radius 1 is 1.26 bits per heavy atom. The molecular weight excluding hydrogens is 527 g/mol. The van der Waals surface area contributed by atoms with Crippen molar-refractivity contribution in [2.45, 2.75) is 60.4 Å². The zero-order chi connectivity index (χ0) is 25.7. The second-order valence-electron chi connectivity index (χ2n) is 8.55. The van der Waals surface area contributed by atoms with Gasteiger partial charge in [0, 0.05) is 44.4 Å². The average molecular weight is 548 g/mol. The minimum Gasteiger partial charge on any atom is -0.481 e. The van der Waals surface area contributed by atoms with Gasteiger partial charge < -0.3 is 13.9 Å². The van der Waals surface area contributed by atoms with Gasteiger partial charge in [-0.25, -0.2) is 0 Å². The minimum absolute atomic E-state index is 0.104. The van der Waals surface area contributed by atoms with Gasteiger partial charge in [-0.2, -0.15) is 21.6 Å². The van der Waals surface area contributed by atoms with Crippen LogP contribution in [0.5, 0.6) is 5.75 Å². The molecule has 0 saturated carbocycles. The van der Waals surface area contributed by atoms with Crippen LogP contribution in [0.15, 0.2) is 46.2 Å². The first-order valence-electron chi connectivity index (χ1n) is 10.6. The highest BCUT2D eigenvalue weighted by Gasteiger charge is 2.48. The van der Waals surface area contributed by atoms with Crippen molar-refractivity contribution in [3.05, 3.63) is 52.7 Å². The third-order valence-corrected chi connectivity index (χ3v) is 8.17. The Labute approximate surface area is 209 Å². The van der Waals surface area contributed by atoms with E-state index in [0.29, 0.717) is 29.1 Å². The lowest BCUT2D eigenvalue weighted by Gasteiger charge is -2.15. The lowest BCUT2D eigenvalue weighted by Crippen LogP contribution is -2.28. The van der Waals surface area contributed by atoms with Gasteiger partial charge in [0.05, 0.1) is 11.9 Å². The molecule has 1 unspecified atom stereocenters. The maximum absolute atomic E-state index is 13.0. The number of halogens is 4. The molecule has 0 amide bonds. The summed E-state index contributed by atoms with van der Waals surface area (Å²) in [6.45, 7) is 4.12. The average Bonchev–Trinajstić information content (AvgIpc) is 3.27. The number of benzene rings is 2. The molecule has 0 fully saturated rings. The van der Waals surface area contributed by atoms with Crippen LogP contribution in [0.4, 0.5) is 13.2 Å². The monoisotopic (exact) mass is 547 g/mol. The molecule has 4 rings (SSSR count). The summed E-state index contributed by atoms with van der Waals surface area (Å²) in [6, 6.07) is 9.70. The molecule has 1 aliphatic heterocycles. The smallest absolute Gasteiger partial charge is 0.481 e. The Bertz CT molecular complexity index is 1400. The summed E-state index contributed by atoms with van der Waals surface area (Å²) in [5, 5.41) is 10.7. The lowest BCUT2D eigenvalue weighted by atomic mass is 9.96. The second kappa shape index (κ2) is 9.25. The largest absolute Gasteiger partial charge is 0.534 e. The van der Waals surface area contributed by atoms with Crippen molar-refractivity contribution in [3.8, 4) is 5.75 Å². The molecule has 0 spiro atoms. The number of fused-ring (bicyclic) bond motifs is 3. The van der Waals surface area contributed by atoms with Crippen molar-refractivity contribution in [2.24, 2.45) is 0 Å². The number of aryl methyl sites for hydroxylation is 1. The highest BCUT2D eigenvalue weighted by atomic mass is 35.5. The number of carbonyl (C=O) groups is 1. The normalized spacial score (nSPS) is 16.1. The topological polar surface area (TPSA) is 85.6 Å². The zero-order valence-electron chi connectivity index (χ0n) is 18.6. The Balaban J connectivity index is 1.96. The van der Waals surface area contributed by atoms with Gasteiger partial charge in [0.25, 0.3) is 0 Å². The van der Waals surface area contributed by atoms with Crippen LogP contribution in [0, 0.1) is 0 Å². The lowest BCUT2D eigenvalue weighted by molar-refractivity contribution is -0.137. The molecule has 1 N–H and O–H groups in total. The molecule has 0 radical (unpaired) electrons. The van der Waals surface area contributed by atoms with E-state index in [9.17, 15) is 31.5 Å². The SMILES string of the molecule is CC(C)c1cc(OS(=O)(=O)C(F)(F)F)cc2c1c(Sc1ccc(Cl)cc1)c1n2CCC1CC(=O)O. The molecular formula is C23H21ClF3NO5S2. The van der Waals surface area contributed by atoms with Crippen LogP contribution in [-0.4, -0.2) is 29.6 Å². The van der Waals surface area contributed by atoms with Gasteiger partial charge in [-0.05, 0) is 48.2 Å². The summed E-state index contributed by atoms with van der Waals surface area (Å²) >= 11 is 7.42. The van der Waals surface area contributed by atoms with Crippen LogP contribution < -0.4 is 4.18 Å². The van der Waals surface area contributed by atoms with E-state index in [1.165, 1.54) is 23.9 Å². The van der Waals surface area contributed by atoms with Crippen LogP contribution in [-0.2, 0) is 21.5 Å². The van der Waals surface area contributed by atoms with E-state index in [4.69, 9.17) is 11.6 Å².